The summed E-state index contributed by atoms with van der Waals surface area (Å²) in [6, 6.07) is 18.0. The van der Waals surface area contributed by atoms with Crippen LogP contribution in [-0.4, -0.2) is 40.4 Å². The maximum absolute atomic E-state index is 12.8. The Morgan fingerprint density at radius 2 is 1.85 bits per heavy atom. The molecule has 0 radical (unpaired) electrons. The average Bonchev–Trinajstić information content (AvgIpc) is 3.54. The van der Waals surface area contributed by atoms with E-state index in [4.69, 9.17) is 14.6 Å². The number of aromatic nitrogens is 3. The van der Waals surface area contributed by atoms with Crippen LogP contribution in [0, 0.1) is 5.92 Å². The molecule has 0 bridgehead atoms. The van der Waals surface area contributed by atoms with Crippen molar-refractivity contribution in [3.05, 3.63) is 72.6 Å². The van der Waals surface area contributed by atoms with E-state index in [2.05, 4.69) is 33.4 Å². The van der Waals surface area contributed by atoms with Gasteiger partial charge in [-0.15, -0.1) is 0 Å². The number of carbonyl (C=O) groups excluding carboxylic acids is 1. The van der Waals surface area contributed by atoms with Gasteiger partial charge < -0.3 is 19.7 Å². The SMILES string of the molecule is O=C(NCc1ccc2c(c1)OCO2)C1CCN(c2nccn3nc(-c4ccccc4)cc23)CC1. The van der Waals surface area contributed by atoms with Gasteiger partial charge in [0, 0.05) is 43.5 Å². The molecule has 0 unspecified atom stereocenters. The zero-order valence-corrected chi connectivity index (χ0v) is 18.7. The molecule has 2 aromatic heterocycles. The van der Waals surface area contributed by atoms with Gasteiger partial charge in [0.15, 0.2) is 17.3 Å². The normalized spacial score (nSPS) is 15.6. The number of amides is 1. The van der Waals surface area contributed by atoms with E-state index in [0.717, 1.165) is 65.6 Å². The third kappa shape index (κ3) is 3.91. The number of hydrogen-bond acceptors (Lipinski definition) is 6. The predicted molar refractivity (Wildman–Crippen MR) is 128 cm³/mol. The van der Waals surface area contributed by atoms with E-state index in [0.29, 0.717) is 6.54 Å². The minimum Gasteiger partial charge on any atom is -0.454 e. The summed E-state index contributed by atoms with van der Waals surface area (Å²) >= 11 is 0. The van der Waals surface area contributed by atoms with Crippen molar-refractivity contribution in [3.63, 3.8) is 0 Å². The Labute approximate surface area is 197 Å². The number of carbonyl (C=O) groups is 1. The number of hydrogen-bond donors (Lipinski definition) is 1. The summed E-state index contributed by atoms with van der Waals surface area (Å²) < 4.78 is 12.7. The highest BCUT2D eigenvalue weighted by Gasteiger charge is 2.27. The van der Waals surface area contributed by atoms with Crippen LogP contribution >= 0.6 is 0 Å². The largest absolute Gasteiger partial charge is 0.454 e. The minimum absolute atomic E-state index is 0.00483. The van der Waals surface area contributed by atoms with Gasteiger partial charge in [0.2, 0.25) is 12.7 Å². The van der Waals surface area contributed by atoms with Gasteiger partial charge in [-0.1, -0.05) is 36.4 Å². The topological polar surface area (TPSA) is 81.0 Å². The molecule has 2 aromatic carbocycles. The highest BCUT2D eigenvalue weighted by atomic mass is 16.7. The van der Waals surface area contributed by atoms with Gasteiger partial charge in [-0.05, 0) is 36.6 Å². The van der Waals surface area contributed by atoms with Crippen molar-refractivity contribution in [2.24, 2.45) is 5.92 Å². The monoisotopic (exact) mass is 455 g/mol. The number of anilines is 1. The number of benzene rings is 2. The van der Waals surface area contributed by atoms with Crippen molar-refractivity contribution < 1.29 is 14.3 Å². The molecule has 8 heteroatoms. The second kappa shape index (κ2) is 8.70. The van der Waals surface area contributed by atoms with E-state index in [9.17, 15) is 4.79 Å². The number of rotatable bonds is 5. The van der Waals surface area contributed by atoms with E-state index in [1.807, 2.05) is 47.1 Å². The lowest BCUT2D eigenvalue weighted by molar-refractivity contribution is -0.125. The van der Waals surface area contributed by atoms with Crippen LogP contribution < -0.4 is 19.7 Å². The lowest BCUT2D eigenvalue weighted by Crippen LogP contribution is -2.40. The van der Waals surface area contributed by atoms with Crippen LogP contribution in [0.1, 0.15) is 18.4 Å². The molecule has 1 fully saturated rings. The summed E-state index contributed by atoms with van der Waals surface area (Å²) in [5.74, 6) is 2.49. The number of piperidine rings is 1. The molecule has 172 valence electrons. The molecule has 1 N–H and O–H groups in total. The maximum Gasteiger partial charge on any atom is 0.231 e. The fraction of sp³-hybridized carbons (Fsp3) is 0.269. The molecule has 8 nitrogen and oxygen atoms in total. The Bertz CT molecular complexity index is 1330. The molecular formula is C26H25N5O3. The summed E-state index contributed by atoms with van der Waals surface area (Å²) in [7, 11) is 0. The Kier molecular flexibility index (Phi) is 5.25. The first-order valence-corrected chi connectivity index (χ1v) is 11.6. The van der Waals surface area contributed by atoms with Crippen LogP contribution in [-0.2, 0) is 11.3 Å². The quantitative estimate of drug-likeness (QED) is 0.495. The molecule has 2 aliphatic heterocycles. The fourth-order valence-electron chi connectivity index (χ4n) is 4.64. The van der Waals surface area contributed by atoms with Gasteiger partial charge in [0.25, 0.3) is 0 Å². The third-order valence-corrected chi connectivity index (χ3v) is 6.51. The lowest BCUT2D eigenvalue weighted by atomic mass is 9.95. The van der Waals surface area contributed by atoms with Crippen LogP contribution in [0.5, 0.6) is 11.5 Å². The number of ether oxygens (including phenoxy) is 2. The van der Waals surface area contributed by atoms with E-state index in [1.54, 1.807) is 6.20 Å². The smallest absolute Gasteiger partial charge is 0.231 e. The van der Waals surface area contributed by atoms with Crippen LogP contribution in [0.25, 0.3) is 16.8 Å². The first kappa shape index (κ1) is 20.5. The van der Waals surface area contributed by atoms with Crippen LogP contribution in [0.15, 0.2) is 67.0 Å². The Morgan fingerprint density at radius 1 is 1.03 bits per heavy atom. The Balaban J connectivity index is 1.10. The van der Waals surface area contributed by atoms with Crippen LogP contribution in [0.2, 0.25) is 0 Å². The van der Waals surface area contributed by atoms with Crippen molar-refractivity contribution in [3.8, 4) is 22.8 Å². The van der Waals surface area contributed by atoms with E-state index < -0.39 is 0 Å². The summed E-state index contributed by atoms with van der Waals surface area (Å²) in [6.45, 7) is 2.29. The van der Waals surface area contributed by atoms with Crippen molar-refractivity contribution in [1.29, 1.82) is 0 Å². The molecule has 2 aliphatic rings. The van der Waals surface area contributed by atoms with Gasteiger partial charge in [-0.3, -0.25) is 4.79 Å². The molecule has 1 amide bonds. The molecular weight excluding hydrogens is 430 g/mol. The molecule has 0 saturated carbocycles. The molecule has 6 rings (SSSR count). The lowest BCUT2D eigenvalue weighted by Gasteiger charge is -2.32. The number of nitrogens with zero attached hydrogens (tertiary/aromatic N) is 4. The summed E-state index contributed by atoms with van der Waals surface area (Å²) in [5, 5.41) is 7.81. The summed E-state index contributed by atoms with van der Waals surface area (Å²) in [5.41, 5.74) is 3.98. The standard InChI is InChI=1S/C26H25N5O3/c32-26(28-16-18-6-7-23-24(14-18)34-17-33-23)20-8-11-30(12-9-20)25-22-15-21(19-4-2-1-3-5-19)29-31(22)13-10-27-25/h1-7,10,13-15,20H,8-9,11-12,16-17H2,(H,28,32). The summed E-state index contributed by atoms with van der Waals surface area (Å²) in [4.78, 5) is 19.7. The number of fused-ring (bicyclic) bond motifs is 2. The molecule has 34 heavy (non-hydrogen) atoms. The van der Waals surface area contributed by atoms with Gasteiger partial charge in [-0.25, -0.2) is 9.50 Å². The van der Waals surface area contributed by atoms with Crippen molar-refractivity contribution in [2.45, 2.75) is 19.4 Å². The first-order chi connectivity index (χ1) is 16.7. The molecule has 1 saturated heterocycles. The fourth-order valence-corrected chi connectivity index (χ4v) is 4.64. The van der Waals surface area contributed by atoms with Crippen molar-refractivity contribution in [2.75, 3.05) is 24.8 Å². The minimum atomic E-state index is -0.00483. The van der Waals surface area contributed by atoms with Crippen molar-refractivity contribution >= 4 is 17.2 Å². The van der Waals surface area contributed by atoms with Crippen LogP contribution in [0.3, 0.4) is 0 Å². The second-order valence-electron chi connectivity index (χ2n) is 8.64. The number of nitrogens with one attached hydrogen (secondary N) is 1. The Morgan fingerprint density at radius 3 is 2.71 bits per heavy atom. The molecule has 0 atom stereocenters. The maximum atomic E-state index is 12.8. The first-order valence-electron chi connectivity index (χ1n) is 11.6. The van der Waals surface area contributed by atoms with E-state index in [-0.39, 0.29) is 18.6 Å². The molecule has 4 aromatic rings. The van der Waals surface area contributed by atoms with Gasteiger partial charge >= 0.3 is 0 Å². The van der Waals surface area contributed by atoms with Crippen LogP contribution in [0.4, 0.5) is 5.82 Å². The highest BCUT2D eigenvalue weighted by Crippen LogP contribution is 2.32. The third-order valence-electron chi connectivity index (χ3n) is 6.51. The second-order valence-corrected chi connectivity index (χ2v) is 8.64. The highest BCUT2D eigenvalue weighted by molar-refractivity contribution is 5.79. The average molecular weight is 456 g/mol. The van der Waals surface area contributed by atoms with E-state index >= 15 is 0 Å². The van der Waals surface area contributed by atoms with Gasteiger partial charge in [0.1, 0.15) is 5.52 Å². The Hall–Kier alpha value is -4.07. The molecule has 0 spiro atoms. The predicted octanol–water partition coefficient (Wildman–Crippen LogP) is 3.66. The molecule has 0 aliphatic carbocycles. The van der Waals surface area contributed by atoms with E-state index in [1.165, 1.54) is 0 Å². The van der Waals surface area contributed by atoms with Gasteiger partial charge in [-0.2, -0.15) is 5.10 Å². The zero-order valence-electron chi connectivity index (χ0n) is 18.7. The zero-order chi connectivity index (χ0) is 22.9. The summed E-state index contributed by atoms with van der Waals surface area (Å²) in [6.07, 6.45) is 5.24. The van der Waals surface area contributed by atoms with Crippen molar-refractivity contribution in [1.82, 2.24) is 19.9 Å². The van der Waals surface area contributed by atoms with Gasteiger partial charge in [0.05, 0.1) is 5.69 Å². The molecule has 4 heterocycles.